The minimum absolute atomic E-state index is 0.345. The molecule has 2 heterocycles. The maximum absolute atomic E-state index is 4.59. The van der Waals surface area contributed by atoms with Crippen LogP contribution in [-0.4, -0.2) is 21.3 Å². The lowest BCUT2D eigenvalue weighted by Gasteiger charge is -2.15. The summed E-state index contributed by atoms with van der Waals surface area (Å²) < 4.78 is 1.90. The molecule has 2 rings (SSSR count). The van der Waals surface area contributed by atoms with Gasteiger partial charge in [0.05, 0.1) is 16.4 Å². The predicted molar refractivity (Wildman–Crippen MR) is 83.0 cm³/mol. The van der Waals surface area contributed by atoms with E-state index in [4.69, 9.17) is 0 Å². The molecule has 0 saturated carbocycles. The lowest BCUT2D eigenvalue weighted by atomic mass is 10.1. The first kappa shape index (κ1) is 15.1. The van der Waals surface area contributed by atoms with E-state index in [9.17, 15) is 0 Å². The van der Waals surface area contributed by atoms with Crippen molar-refractivity contribution < 1.29 is 0 Å². The monoisotopic (exact) mass is 290 g/mol. The Kier molecular flexibility index (Phi) is 5.20. The minimum Gasteiger partial charge on any atom is -0.309 e. The number of rotatable bonds is 6. The van der Waals surface area contributed by atoms with E-state index >= 15 is 0 Å². The van der Waals surface area contributed by atoms with Gasteiger partial charge in [-0.15, -0.1) is 0 Å². The van der Waals surface area contributed by atoms with Crippen molar-refractivity contribution in [2.45, 2.75) is 43.2 Å². The third kappa shape index (κ3) is 3.61. The van der Waals surface area contributed by atoms with E-state index in [1.54, 1.807) is 11.8 Å². The van der Waals surface area contributed by atoms with Crippen LogP contribution in [0.4, 0.5) is 0 Å². The quantitative estimate of drug-likeness (QED) is 0.886. The summed E-state index contributed by atoms with van der Waals surface area (Å²) >= 11 is 1.69. The Labute approximate surface area is 125 Å². The van der Waals surface area contributed by atoms with Crippen LogP contribution in [0.25, 0.3) is 0 Å². The van der Waals surface area contributed by atoms with Crippen LogP contribution in [0.5, 0.6) is 0 Å². The van der Waals surface area contributed by atoms with Crippen molar-refractivity contribution in [1.82, 2.24) is 20.1 Å². The number of aromatic nitrogens is 3. The van der Waals surface area contributed by atoms with Gasteiger partial charge in [-0.05, 0) is 38.1 Å². The van der Waals surface area contributed by atoms with E-state index in [1.807, 2.05) is 24.9 Å². The summed E-state index contributed by atoms with van der Waals surface area (Å²) in [6.45, 7) is 7.27. The van der Waals surface area contributed by atoms with Gasteiger partial charge in [0.2, 0.25) is 0 Å². The Morgan fingerprint density at radius 2 is 2.15 bits per heavy atom. The molecule has 20 heavy (non-hydrogen) atoms. The van der Waals surface area contributed by atoms with Gasteiger partial charge in [0.15, 0.2) is 0 Å². The topological polar surface area (TPSA) is 42.7 Å². The van der Waals surface area contributed by atoms with Crippen LogP contribution in [0.3, 0.4) is 0 Å². The largest absolute Gasteiger partial charge is 0.309 e. The van der Waals surface area contributed by atoms with Crippen LogP contribution in [0.1, 0.15) is 37.7 Å². The van der Waals surface area contributed by atoms with E-state index in [-0.39, 0.29) is 0 Å². The number of pyridine rings is 1. The van der Waals surface area contributed by atoms with Crippen molar-refractivity contribution >= 4 is 11.8 Å². The van der Waals surface area contributed by atoms with Gasteiger partial charge >= 0.3 is 0 Å². The molecular weight excluding hydrogens is 268 g/mol. The molecule has 5 heteroatoms. The fourth-order valence-corrected chi connectivity index (χ4v) is 3.05. The molecule has 0 saturated heterocycles. The number of hydrogen-bond donors (Lipinski definition) is 1. The van der Waals surface area contributed by atoms with Crippen molar-refractivity contribution in [2.75, 3.05) is 6.54 Å². The minimum atomic E-state index is 0.345. The summed E-state index contributed by atoms with van der Waals surface area (Å²) in [5, 5.41) is 8.94. The Bertz CT molecular complexity index is 548. The van der Waals surface area contributed by atoms with E-state index in [2.05, 4.69) is 47.4 Å². The standard InChI is InChI=1S/C15H22N4S/c1-5-13(16-6-2)14-8-7-12(10-17-14)20-15-9-11(3)18-19(15)4/h7-10,13,16H,5-6H2,1-4H3. The molecule has 4 nitrogen and oxygen atoms in total. The average Bonchev–Trinajstić information content (AvgIpc) is 2.75. The van der Waals surface area contributed by atoms with Gasteiger partial charge in [0.25, 0.3) is 0 Å². The molecule has 0 aliphatic heterocycles. The fourth-order valence-electron chi connectivity index (χ4n) is 2.17. The molecule has 0 fully saturated rings. The fraction of sp³-hybridized carbons (Fsp3) is 0.467. The summed E-state index contributed by atoms with van der Waals surface area (Å²) in [5.41, 5.74) is 2.15. The highest BCUT2D eigenvalue weighted by molar-refractivity contribution is 7.99. The normalized spacial score (nSPS) is 12.6. The number of hydrogen-bond acceptors (Lipinski definition) is 4. The number of aryl methyl sites for hydroxylation is 2. The third-order valence-corrected chi connectivity index (χ3v) is 4.22. The lowest BCUT2D eigenvalue weighted by Crippen LogP contribution is -2.20. The first-order chi connectivity index (χ1) is 9.63. The summed E-state index contributed by atoms with van der Waals surface area (Å²) in [5.74, 6) is 0. The summed E-state index contributed by atoms with van der Waals surface area (Å²) in [7, 11) is 1.97. The maximum Gasteiger partial charge on any atom is 0.0987 e. The van der Waals surface area contributed by atoms with Gasteiger partial charge in [-0.3, -0.25) is 9.67 Å². The molecule has 1 atom stereocenters. The molecule has 0 spiro atoms. The SMILES string of the molecule is CCNC(CC)c1ccc(Sc2cc(C)nn2C)cn1. The van der Waals surface area contributed by atoms with Crippen LogP contribution < -0.4 is 5.32 Å². The number of nitrogens with zero attached hydrogens (tertiary/aromatic N) is 3. The zero-order valence-electron chi connectivity index (χ0n) is 12.6. The second kappa shape index (κ2) is 6.90. The van der Waals surface area contributed by atoms with Gasteiger partial charge in [0, 0.05) is 24.2 Å². The van der Waals surface area contributed by atoms with Crippen molar-refractivity contribution in [3.63, 3.8) is 0 Å². The molecule has 0 aromatic carbocycles. The summed E-state index contributed by atoms with van der Waals surface area (Å²) in [4.78, 5) is 5.73. The average molecular weight is 290 g/mol. The van der Waals surface area contributed by atoms with Gasteiger partial charge in [0.1, 0.15) is 0 Å². The Morgan fingerprint density at radius 3 is 2.65 bits per heavy atom. The van der Waals surface area contributed by atoms with Gasteiger partial charge in [-0.2, -0.15) is 5.10 Å². The van der Waals surface area contributed by atoms with Crippen LogP contribution in [0, 0.1) is 6.92 Å². The Balaban J connectivity index is 2.10. The van der Waals surface area contributed by atoms with Crippen LogP contribution in [0.15, 0.2) is 34.3 Å². The molecule has 1 unspecified atom stereocenters. The highest BCUT2D eigenvalue weighted by atomic mass is 32.2. The molecule has 0 aliphatic carbocycles. The molecule has 0 amide bonds. The summed E-state index contributed by atoms with van der Waals surface area (Å²) in [6, 6.07) is 6.68. The zero-order chi connectivity index (χ0) is 14.5. The van der Waals surface area contributed by atoms with Crippen LogP contribution in [0.2, 0.25) is 0 Å². The van der Waals surface area contributed by atoms with E-state index in [0.29, 0.717) is 6.04 Å². The second-order valence-corrected chi connectivity index (χ2v) is 5.88. The van der Waals surface area contributed by atoms with Crippen molar-refractivity contribution in [1.29, 1.82) is 0 Å². The van der Waals surface area contributed by atoms with Gasteiger partial charge < -0.3 is 5.32 Å². The van der Waals surface area contributed by atoms with Crippen molar-refractivity contribution in [3.8, 4) is 0 Å². The second-order valence-electron chi connectivity index (χ2n) is 4.79. The first-order valence-corrected chi connectivity index (χ1v) is 7.83. The van der Waals surface area contributed by atoms with Crippen molar-refractivity contribution in [3.05, 3.63) is 35.8 Å². The predicted octanol–water partition coefficient (Wildman–Crippen LogP) is 3.34. The van der Waals surface area contributed by atoms with Gasteiger partial charge in [-0.1, -0.05) is 25.6 Å². The Hall–Kier alpha value is -1.33. The smallest absolute Gasteiger partial charge is 0.0987 e. The highest BCUT2D eigenvalue weighted by Gasteiger charge is 2.10. The first-order valence-electron chi connectivity index (χ1n) is 7.01. The van der Waals surface area contributed by atoms with E-state index < -0.39 is 0 Å². The lowest BCUT2D eigenvalue weighted by molar-refractivity contribution is 0.524. The Morgan fingerprint density at radius 1 is 1.35 bits per heavy atom. The molecule has 108 valence electrons. The van der Waals surface area contributed by atoms with Crippen LogP contribution >= 0.6 is 11.8 Å². The molecule has 0 bridgehead atoms. The van der Waals surface area contributed by atoms with E-state index in [0.717, 1.165) is 34.3 Å². The maximum atomic E-state index is 4.59. The molecular formula is C15H22N4S. The summed E-state index contributed by atoms with van der Waals surface area (Å²) in [6.07, 6.45) is 3.00. The highest BCUT2D eigenvalue weighted by Crippen LogP contribution is 2.28. The molecule has 1 N–H and O–H groups in total. The molecule has 0 radical (unpaired) electrons. The van der Waals surface area contributed by atoms with E-state index in [1.165, 1.54) is 0 Å². The van der Waals surface area contributed by atoms with Crippen molar-refractivity contribution in [2.24, 2.45) is 7.05 Å². The molecule has 2 aromatic rings. The molecule has 2 aromatic heterocycles. The number of nitrogens with one attached hydrogen (secondary N) is 1. The molecule has 0 aliphatic rings. The van der Waals surface area contributed by atoms with Gasteiger partial charge in [-0.25, -0.2) is 0 Å². The third-order valence-electron chi connectivity index (χ3n) is 3.16. The van der Waals surface area contributed by atoms with Crippen LogP contribution in [-0.2, 0) is 7.05 Å². The zero-order valence-corrected chi connectivity index (χ0v) is 13.4.